The second kappa shape index (κ2) is 10.3. The molecule has 2 N–H and O–H groups in total. The largest absolute Gasteiger partial charge is 0.323 e. The normalized spacial score (nSPS) is 24.0. The van der Waals surface area contributed by atoms with Crippen molar-refractivity contribution >= 4 is 0 Å². The topological polar surface area (TPSA) is 52.5 Å². The number of unbranched alkanes of at least 4 members (excludes halogenated alkanes) is 1. The average Bonchev–Trinajstić information content (AvgIpc) is 3.46. The summed E-state index contributed by atoms with van der Waals surface area (Å²) in [7, 11) is 0. The predicted octanol–water partition coefficient (Wildman–Crippen LogP) is 0.873. The molecule has 0 radical (unpaired) electrons. The second-order valence-electron chi connectivity index (χ2n) is 8.99. The van der Waals surface area contributed by atoms with Crippen LogP contribution in [0.4, 0.5) is 0 Å². The average molecular weight is 399 g/mol. The fourth-order valence-corrected chi connectivity index (χ4v) is 5.41. The molecule has 1 saturated heterocycles. The minimum atomic E-state index is 0.436. The van der Waals surface area contributed by atoms with Crippen molar-refractivity contribution in [1.82, 2.24) is 20.2 Å². The van der Waals surface area contributed by atoms with E-state index in [1.165, 1.54) is 76.7 Å². The molecule has 6 heteroatoms. The Hall–Kier alpha value is -1.79. The Morgan fingerprint density at radius 1 is 1.07 bits per heavy atom. The van der Waals surface area contributed by atoms with Gasteiger partial charge in [0.25, 0.3) is 0 Å². The number of rotatable bonds is 9. The van der Waals surface area contributed by atoms with Crippen LogP contribution in [0.25, 0.3) is 0 Å². The number of nitrogens with one attached hydrogen (secondary N) is 2. The van der Waals surface area contributed by atoms with E-state index < -0.39 is 0 Å². The van der Waals surface area contributed by atoms with E-state index in [0.717, 1.165) is 24.8 Å². The van der Waals surface area contributed by atoms with Crippen molar-refractivity contribution in [3.8, 4) is 0 Å². The highest BCUT2D eigenvalue weighted by molar-refractivity contribution is 5.14. The van der Waals surface area contributed by atoms with E-state index in [9.17, 15) is 0 Å². The van der Waals surface area contributed by atoms with E-state index in [1.54, 1.807) is 4.90 Å². The molecule has 0 bridgehead atoms. The van der Waals surface area contributed by atoms with Crippen molar-refractivity contribution in [1.29, 1.82) is 0 Å². The number of hydrogen-bond donors (Lipinski definition) is 2. The second-order valence-corrected chi connectivity index (χ2v) is 8.99. The molecule has 4 rings (SSSR count). The minimum absolute atomic E-state index is 0.436. The van der Waals surface area contributed by atoms with Gasteiger partial charge in [-0.05, 0) is 54.5 Å². The summed E-state index contributed by atoms with van der Waals surface area (Å²) >= 11 is 0. The van der Waals surface area contributed by atoms with Crippen molar-refractivity contribution in [3.05, 3.63) is 41.7 Å². The molecular formula is C23H38N6+2. The zero-order chi connectivity index (χ0) is 19.9. The van der Waals surface area contributed by atoms with Gasteiger partial charge in [0.2, 0.25) is 5.82 Å². The van der Waals surface area contributed by atoms with Crippen LogP contribution in [0.2, 0.25) is 0 Å². The number of hydrogen-bond acceptors (Lipinski definition) is 3. The van der Waals surface area contributed by atoms with Crippen molar-refractivity contribution in [2.75, 3.05) is 26.2 Å². The van der Waals surface area contributed by atoms with Crippen molar-refractivity contribution in [2.24, 2.45) is 0 Å². The van der Waals surface area contributed by atoms with Crippen LogP contribution in [0.5, 0.6) is 0 Å². The number of piperazine rings is 1. The number of tetrazole rings is 1. The highest BCUT2D eigenvalue weighted by Crippen LogP contribution is 2.16. The highest BCUT2D eigenvalue weighted by Gasteiger charge is 2.36. The third kappa shape index (κ3) is 5.23. The minimum Gasteiger partial charge on any atom is -0.323 e. The maximum Gasteiger partial charge on any atom is 0.209 e. The lowest BCUT2D eigenvalue weighted by Crippen LogP contribution is -3.29. The van der Waals surface area contributed by atoms with E-state index in [1.807, 2.05) is 4.90 Å². The van der Waals surface area contributed by atoms with Crippen LogP contribution < -0.4 is 9.80 Å². The zero-order valence-corrected chi connectivity index (χ0v) is 18.0. The molecule has 2 aliphatic rings. The molecule has 1 aliphatic carbocycles. The van der Waals surface area contributed by atoms with Crippen LogP contribution in [0.3, 0.4) is 0 Å². The maximum atomic E-state index is 4.53. The maximum absolute atomic E-state index is 4.53. The fourth-order valence-electron chi connectivity index (χ4n) is 5.41. The zero-order valence-electron chi connectivity index (χ0n) is 18.0. The summed E-state index contributed by atoms with van der Waals surface area (Å²) in [5.41, 5.74) is 1.35. The van der Waals surface area contributed by atoms with Crippen molar-refractivity contribution in [3.63, 3.8) is 0 Å². The molecule has 6 nitrogen and oxygen atoms in total. The molecular weight excluding hydrogens is 360 g/mol. The van der Waals surface area contributed by atoms with Gasteiger partial charge in [0, 0.05) is 13.0 Å². The van der Waals surface area contributed by atoms with E-state index in [-0.39, 0.29) is 0 Å². The van der Waals surface area contributed by atoms with Gasteiger partial charge in [-0.2, -0.15) is 0 Å². The van der Waals surface area contributed by atoms with E-state index in [2.05, 4.69) is 57.5 Å². The summed E-state index contributed by atoms with van der Waals surface area (Å²) in [5, 5.41) is 13.0. The van der Waals surface area contributed by atoms with Crippen molar-refractivity contribution < 1.29 is 9.80 Å². The molecule has 1 atom stereocenters. The Bertz CT molecular complexity index is 716. The Balaban J connectivity index is 1.41. The summed E-state index contributed by atoms with van der Waals surface area (Å²) < 4.78 is 2.08. The quantitative estimate of drug-likeness (QED) is 0.659. The van der Waals surface area contributed by atoms with Crippen LogP contribution in [0.1, 0.15) is 69.3 Å². The Labute approximate surface area is 175 Å². The van der Waals surface area contributed by atoms with Crippen molar-refractivity contribution in [2.45, 2.75) is 76.9 Å². The molecule has 158 valence electrons. The SMILES string of the molecule is CCCC[C@H](c1nnnn1CCc1ccccc1)[NH+]1CC[NH+](C2CCCC2)CC1. The lowest BCUT2D eigenvalue weighted by Gasteiger charge is -2.36. The highest BCUT2D eigenvalue weighted by atomic mass is 15.6. The first-order chi connectivity index (χ1) is 14.3. The van der Waals surface area contributed by atoms with Crippen LogP contribution in [0.15, 0.2) is 30.3 Å². The molecule has 1 aromatic heterocycles. The Morgan fingerprint density at radius 3 is 2.55 bits per heavy atom. The Kier molecular flexibility index (Phi) is 7.28. The van der Waals surface area contributed by atoms with E-state index in [4.69, 9.17) is 0 Å². The molecule has 1 aromatic carbocycles. The van der Waals surface area contributed by atoms with Gasteiger partial charge in [-0.25, -0.2) is 4.68 Å². The molecule has 1 aliphatic heterocycles. The van der Waals surface area contributed by atoms with Gasteiger partial charge in [0.05, 0.1) is 6.04 Å². The summed E-state index contributed by atoms with van der Waals surface area (Å²) in [6.07, 6.45) is 10.4. The summed E-state index contributed by atoms with van der Waals surface area (Å²) in [6.45, 7) is 8.29. The third-order valence-corrected chi connectivity index (χ3v) is 7.13. The number of nitrogens with zero attached hydrogens (tertiary/aromatic N) is 4. The van der Waals surface area contributed by atoms with Crippen LogP contribution in [-0.4, -0.2) is 52.4 Å². The summed E-state index contributed by atoms with van der Waals surface area (Å²) in [5.74, 6) is 1.11. The molecule has 0 amide bonds. The first kappa shape index (κ1) is 20.5. The van der Waals surface area contributed by atoms with Crippen LogP contribution in [-0.2, 0) is 13.0 Å². The lowest BCUT2D eigenvalue weighted by atomic mass is 10.1. The summed E-state index contributed by atoms with van der Waals surface area (Å²) in [4.78, 5) is 3.57. The number of aromatic nitrogens is 4. The molecule has 2 aromatic rings. The first-order valence-corrected chi connectivity index (χ1v) is 11.8. The number of benzene rings is 1. The van der Waals surface area contributed by atoms with Gasteiger partial charge >= 0.3 is 0 Å². The van der Waals surface area contributed by atoms with Gasteiger partial charge in [-0.3, -0.25) is 0 Å². The van der Waals surface area contributed by atoms with Gasteiger partial charge in [0.1, 0.15) is 32.2 Å². The monoisotopic (exact) mass is 398 g/mol. The van der Waals surface area contributed by atoms with Gasteiger partial charge in [-0.1, -0.05) is 43.7 Å². The molecule has 0 spiro atoms. The standard InChI is InChI=1S/C23H36N6/c1-2-3-13-22(28-18-16-27(17-19-28)21-11-7-8-12-21)23-24-25-26-29(23)15-14-20-9-5-4-6-10-20/h4-6,9-10,21-22H,2-3,7-8,11-19H2,1H3/p+2/t22-/m1/s1. The predicted molar refractivity (Wildman–Crippen MR) is 114 cm³/mol. The van der Waals surface area contributed by atoms with Crippen LogP contribution in [0, 0.1) is 0 Å². The first-order valence-electron chi connectivity index (χ1n) is 11.8. The van der Waals surface area contributed by atoms with Gasteiger partial charge < -0.3 is 9.80 Å². The molecule has 29 heavy (non-hydrogen) atoms. The smallest absolute Gasteiger partial charge is 0.209 e. The lowest BCUT2D eigenvalue weighted by molar-refractivity contribution is -1.04. The van der Waals surface area contributed by atoms with Crippen LogP contribution >= 0.6 is 0 Å². The number of quaternary nitrogens is 2. The van der Waals surface area contributed by atoms with E-state index >= 15 is 0 Å². The number of aryl methyl sites for hydroxylation is 2. The fraction of sp³-hybridized carbons (Fsp3) is 0.696. The Morgan fingerprint density at radius 2 is 1.83 bits per heavy atom. The molecule has 1 saturated carbocycles. The molecule has 2 fully saturated rings. The van der Waals surface area contributed by atoms with Gasteiger partial charge in [0.15, 0.2) is 0 Å². The molecule has 2 heterocycles. The molecule has 0 unspecified atom stereocenters. The third-order valence-electron chi connectivity index (χ3n) is 7.13. The summed E-state index contributed by atoms with van der Waals surface area (Å²) in [6, 6.07) is 12.0. The van der Waals surface area contributed by atoms with Gasteiger partial charge in [-0.15, -0.1) is 5.10 Å². The van der Waals surface area contributed by atoms with E-state index in [0.29, 0.717) is 6.04 Å².